The molecule has 4 nitrogen and oxygen atoms in total. The van der Waals surface area contributed by atoms with Gasteiger partial charge >= 0.3 is 6.36 Å². The van der Waals surface area contributed by atoms with E-state index in [2.05, 4.69) is 21.3 Å². The van der Waals surface area contributed by atoms with Crippen molar-refractivity contribution < 1.29 is 17.9 Å². The monoisotopic (exact) mass is 477 g/mol. The number of nitrogens with two attached hydrogens (primary N) is 1. The van der Waals surface area contributed by atoms with Gasteiger partial charge in [0, 0.05) is 6.54 Å². The normalized spacial score (nSPS) is 11.8. The predicted molar refractivity (Wildman–Crippen MR) is 106 cm³/mol. The first-order valence-corrected chi connectivity index (χ1v) is 8.72. The molecule has 0 spiro atoms. The molecule has 0 saturated heterocycles. The summed E-state index contributed by atoms with van der Waals surface area (Å²) in [6.07, 6.45) is 1.62. The highest BCUT2D eigenvalue weighted by molar-refractivity contribution is 14.0. The number of hydrogen-bond acceptors (Lipinski definition) is 3. The molecule has 0 aliphatic carbocycles. The zero-order valence-corrected chi connectivity index (χ0v) is 16.6. The second-order valence-electron chi connectivity index (χ2n) is 4.84. The van der Waals surface area contributed by atoms with Crippen LogP contribution in [0.2, 0.25) is 0 Å². The van der Waals surface area contributed by atoms with E-state index in [1.165, 1.54) is 24.6 Å². The van der Waals surface area contributed by atoms with E-state index >= 15 is 0 Å². The maximum atomic E-state index is 12.3. The molecule has 0 heterocycles. The minimum absolute atomic E-state index is 0. The number of hydrogen-bond donors (Lipinski definition) is 2. The van der Waals surface area contributed by atoms with Crippen LogP contribution in [-0.4, -0.2) is 30.9 Å². The maximum Gasteiger partial charge on any atom is 0.573 e. The molecular weight excluding hydrogens is 454 g/mol. The summed E-state index contributed by atoms with van der Waals surface area (Å²) in [6.45, 7) is 0.542. The molecule has 0 aliphatic heterocycles. The van der Waals surface area contributed by atoms with Crippen molar-refractivity contribution in [2.45, 2.75) is 32.0 Å². The molecule has 1 aromatic rings. The van der Waals surface area contributed by atoms with Crippen molar-refractivity contribution in [3.8, 4) is 5.75 Å². The number of anilines is 1. The SMILES string of the molecule is CSCCCCCCN=C(N)Nc1ccccc1OC(F)(F)F.I. The Morgan fingerprint density at radius 2 is 1.88 bits per heavy atom. The number of ether oxygens (including phenoxy) is 1. The van der Waals surface area contributed by atoms with Crippen LogP contribution in [-0.2, 0) is 0 Å². The number of thioether (sulfide) groups is 1. The third-order valence-corrected chi connectivity index (χ3v) is 3.61. The highest BCUT2D eigenvalue weighted by atomic mass is 127. The first kappa shape index (κ1) is 23.2. The summed E-state index contributed by atoms with van der Waals surface area (Å²) in [5, 5.41) is 2.64. The van der Waals surface area contributed by atoms with E-state index in [-0.39, 0.29) is 41.4 Å². The number of nitrogens with one attached hydrogen (secondary N) is 1. The number of unbranched alkanes of at least 4 members (excludes halogenated alkanes) is 3. The van der Waals surface area contributed by atoms with Crippen molar-refractivity contribution in [1.29, 1.82) is 0 Å². The Bertz CT molecular complexity index is 501. The van der Waals surface area contributed by atoms with Crippen LogP contribution in [0.15, 0.2) is 29.3 Å². The van der Waals surface area contributed by atoms with Crippen LogP contribution in [0, 0.1) is 0 Å². The number of para-hydroxylation sites is 2. The van der Waals surface area contributed by atoms with Crippen LogP contribution < -0.4 is 15.8 Å². The van der Waals surface area contributed by atoms with E-state index in [1.807, 2.05) is 11.8 Å². The van der Waals surface area contributed by atoms with E-state index in [9.17, 15) is 13.2 Å². The lowest BCUT2D eigenvalue weighted by Crippen LogP contribution is -2.24. The molecule has 24 heavy (non-hydrogen) atoms. The Balaban J connectivity index is 0.00000529. The van der Waals surface area contributed by atoms with Crippen LogP contribution in [0.4, 0.5) is 18.9 Å². The third-order valence-electron chi connectivity index (χ3n) is 2.91. The molecule has 0 atom stereocenters. The lowest BCUT2D eigenvalue weighted by molar-refractivity contribution is -0.274. The Hall–Kier alpha value is -0.840. The first-order valence-electron chi connectivity index (χ1n) is 7.33. The third kappa shape index (κ3) is 10.8. The van der Waals surface area contributed by atoms with Gasteiger partial charge in [-0.1, -0.05) is 25.0 Å². The molecule has 0 amide bonds. The fraction of sp³-hybridized carbons (Fsp3) is 0.533. The van der Waals surface area contributed by atoms with Crippen LogP contribution >= 0.6 is 35.7 Å². The van der Waals surface area contributed by atoms with E-state index in [1.54, 1.807) is 6.07 Å². The van der Waals surface area contributed by atoms with Gasteiger partial charge in [0.25, 0.3) is 0 Å². The van der Waals surface area contributed by atoms with E-state index in [0.717, 1.165) is 25.0 Å². The zero-order valence-electron chi connectivity index (χ0n) is 13.4. The van der Waals surface area contributed by atoms with Gasteiger partial charge in [-0.3, -0.25) is 4.99 Å². The summed E-state index contributed by atoms with van der Waals surface area (Å²) in [5.74, 6) is 0.894. The van der Waals surface area contributed by atoms with Gasteiger partial charge in [0.05, 0.1) is 5.69 Å². The predicted octanol–water partition coefficient (Wildman–Crippen LogP) is 4.85. The van der Waals surface area contributed by atoms with Gasteiger partial charge in [0.15, 0.2) is 11.7 Å². The number of benzene rings is 1. The van der Waals surface area contributed by atoms with Crippen LogP contribution in [0.25, 0.3) is 0 Å². The Morgan fingerprint density at radius 3 is 2.54 bits per heavy atom. The van der Waals surface area contributed by atoms with Gasteiger partial charge in [-0.2, -0.15) is 11.8 Å². The first-order chi connectivity index (χ1) is 10.9. The van der Waals surface area contributed by atoms with Crippen LogP contribution in [0.3, 0.4) is 0 Å². The average Bonchev–Trinajstić information content (AvgIpc) is 2.47. The number of guanidine groups is 1. The van der Waals surface area contributed by atoms with Gasteiger partial charge in [-0.15, -0.1) is 37.1 Å². The molecular formula is C15H23F3IN3OS. The molecule has 0 saturated carbocycles. The summed E-state index contributed by atoms with van der Waals surface area (Å²) < 4.78 is 40.9. The molecule has 0 aromatic heterocycles. The van der Waals surface area contributed by atoms with Crippen molar-refractivity contribution >= 4 is 47.4 Å². The highest BCUT2D eigenvalue weighted by Crippen LogP contribution is 2.29. The van der Waals surface area contributed by atoms with Gasteiger partial charge in [0.1, 0.15) is 0 Å². The Morgan fingerprint density at radius 1 is 1.21 bits per heavy atom. The summed E-state index contributed by atoms with van der Waals surface area (Å²) in [6, 6.07) is 5.71. The van der Waals surface area contributed by atoms with E-state index in [0.29, 0.717) is 6.54 Å². The summed E-state index contributed by atoms with van der Waals surface area (Å²) in [5.41, 5.74) is 5.83. The lowest BCUT2D eigenvalue weighted by atomic mass is 10.2. The second-order valence-corrected chi connectivity index (χ2v) is 5.83. The van der Waals surface area contributed by atoms with Crippen LogP contribution in [0.5, 0.6) is 5.75 Å². The van der Waals surface area contributed by atoms with Crippen molar-refractivity contribution in [2.75, 3.05) is 23.9 Å². The van der Waals surface area contributed by atoms with Gasteiger partial charge in [-0.25, -0.2) is 0 Å². The van der Waals surface area contributed by atoms with Gasteiger partial charge in [-0.05, 0) is 37.0 Å². The topological polar surface area (TPSA) is 59.6 Å². The maximum absolute atomic E-state index is 12.3. The molecule has 1 rings (SSSR count). The Kier molecular flexibility index (Phi) is 12.1. The number of nitrogens with zero attached hydrogens (tertiary/aromatic N) is 1. The smallest absolute Gasteiger partial charge is 0.404 e. The average molecular weight is 477 g/mol. The number of rotatable bonds is 9. The summed E-state index contributed by atoms with van der Waals surface area (Å²) in [4.78, 5) is 4.12. The minimum Gasteiger partial charge on any atom is -0.404 e. The van der Waals surface area contributed by atoms with E-state index in [4.69, 9.17) is 5.73 Å². The van der Waals surface area contributed by atoms with E-state index < -0.39 is 6.36 Å². The number of alkyl halides is 3. The molecule has 9 heteroatoms. The zero-order chi connectivity index (χ0) is 17.1. The molecule has 0 fully saturated rings. The molecule has 0 radical (unpaired) electrons. The fourth-order valence-electron chi connectivity index (χ4n) is 1.87. The summed E-state index contributed by atoms with van der Waals surface area (Å²) in [7, 11) is 0. The lowest BCUT2D eigenvalue weighted by Gasteiger charge is -2.14. The quantitative estimate of drug-likeness (QED) is 0.231. The van der Waals surface area contributed by atoms with Crippen molar-refractivity contribution in [1.82, 2.24) is 0 Å². The summed E-state index contributed by atoms with van der Waals surface area (Å²) >= 11 is 1.83. The molecule has 0 unspecified atom stereocenters. The standard InChI is InChI=1S/C15H22F3N3OS.HI/c1-23-11-7-3-2-6-10-20-14(19)21-12-8-4-5-9-13(12)22-15(16,17)18;/h4-5,8-9H,2-3,6-7,10-11H2,1H3,(H3,19,20,21);1H. The Labute approximate surface area is 161 Å². The van der Waals surface area contributed by atoms with Crippen molar-refractivity contribution in [2.24, 2.45) is 10.7 Å². The molecule has 0 aliphatic rings. The van der Waals surface area contributed by atoms with Crippen molar-refractivity contribution in [3.63, 3.8) is 0 Å². The fourth-order valence-corrected chi connectivity index (χ4v) is 2.37. The van der Waals surface area contributed by atoms with Crippen LogP contribution in [0.1, 0.15) is 25.7 Å². The minimum atomic E-state index is -4.75. The number of aliphatic imine (C=N–C) groups is 1. The molecule has 138 valence electrons. The molecule has 3 N–H and O–H groups in total. The molecule has 1 aromatic carbocycles. The second kappa shape index (κ2) is 12.5. The molecule has 0 bridgehead atoms. The number of halogens is 4. The largest absolute Gasteiger partial charge is 0.573 e. The van der Waals surface area contributed by atoms with Gasteiger partial charge < -0.3 is 15.8 Å². The highest BCUT2D eigenvalue weighted by Gasteiger charge is 2.32. The van der Waals surface area contributed by atoms with Gasteiger partial charge in [0.2, 0.25) is 0 Å². The van der Waals surface area contributed by atoms with Crippen molar-refractivity contribution in [3.05, 3.63) is 24.3 Å².